The van der Waals surface area contributed by atoms with E-state index in [0.717, 1.165) is 16.7 Å². The molecule has 1 heterocycles. The first-order valence-corrected chi connectivity index (χ1v) is 11.9. The van der Waals surface area contributed by atoms with Crippen LogP contribution >= 0.6 is 0 Å². The summed E-state index contributed by atoms with van der Waals surface area (Å²) in [6, 6.07) is 27.6. The smallest absolute Gasteiger partial charge is 0.312 e. The van der Waals surface area contributed by atoms with Gasteiger partial charge in [0, 0.05) is 31.5 Å². The van der Waals surface area contributed by atoms with Crippen molar-refractivity contribution in [3.8, 4) is 5.75 Å². The van der Waals surface area contributed by atoms with Gasteiger partial charge in [0.15, 0.2) is 0 Å². The van der Waals surface area contributed by atoms with E-state index < -0.39 is 22.9 Å². The molecule has 0 amide bonds. The van der Waals surface area contributed by atoms with Crippen molar-refractivity contribution >= 4 is 5.97 Å². The summed E-state index contributed by atoms with van der Waals surface area (Å²) in [4.78, 5) is 15.4. The fourth-order valence-corrected chi connectivity index (χ4v) is 6.39. The molecule has 2 aliphatic rings. The molecule has 5 rings (SSSR count). The molecule has 2 N–H and O–H groups in total. The number of rotatable bonds is 6. The second kappa shape index (κ2) is 8.90. The van der Waals surface area contributed by atoms with Crippen LogP contribution in [0.4, 0.5) is 0 Å². The zero-order valence-corrected chi connectivity index (χ0v) is 19.4. The first kappa shape index (κ1) is 22.6. The van der Waals surface area contributed by atoms with Gasteiger partial charge in [0.2, 0.25) is 0 Å². The highest BCUT2D eigenvalue weighted by atomic mass is 16.5. The standard InChI is InChI=1S/C29H31NO4/c1-34-24-14-12-23(13-15-24)29(33)17-16-25(22-10-6-3-7-11-22)28(27(31)32)20-30(19-26(28)29)18-21-8-4-2-5-9-21/h2-15,25-26,33H,16-20H2,1H3,(H,31,32). The molecule has 0 spiro atoms. The van der Waals surface area contributed by atoms with E-state index in [1.54, 1.807) is 7.11 Å². The molecule has 1 aliphatic carbocycles. The van der Waals surface area contributed by atoms with Crippen molar-refractivity contribution in [1.29, 1.82) is 0 Å². The SMILES string of the molecule is COc1ccc(C2(O)CCC(c3ccccc3)C3(C(=O)O)CN(Cc4ccccc4)CC23)cc1. The highest BCUT2D eigenvalue weighted by Gasteiger charge is 2.66. The number of hydrogen-bond acceptors (Lipinski definition) is 4. The van der Waals surface area contributed by atoms with E-state index in [4.69, 9.17) is 4.74 Å². The first-order chi connectivity index (χ1) is 16.5. The van der Waals surface area contributed by atoms with Gasteiger partial charge in [0.25, 0.3) is 0 Å². The van der Waals surface area contributed by atoms with Crippen LogP contribution in [0.2, 0.25) is 0 Å². The molecular weight excluding hydrogens is 426 g/mol. The third-order valence-electron chi connectivity index (χ3n) is 8.00. The molecular formula is C29H31NO4. The van der Waals surface area contributed by atoms with Crippen molar-refractivity contribution in [3.63, 3.8) is 0 Å². The topological polar surface area (TPSA) is 70.0 Å². The van der Waals surface area contributed by atoms with E-state index in [1.165, 1.54) is 0 Å². The molecule has 1 saturated heterocycles. The van der Waals surface area contributed by atoms with Gasteiger partial charge in [-0.2, -0.15) is 0 Å². The first-order valence-electron chi connectivity index (χ1n) is 11.9. The Morgan fingerprint density at radius 1 is 1.00 bits per heavy atom. The molecule has 1 saturated carbocycles. The summed E-state index contributed by atoms with van der Waals surface area (Å²) >= 11 is 0. The Bertz CT molecular complexity index is 1130. The Kier molecular flexibility index (Phi) is 5.92. The Morgan fingerprint density at radius 3 is 2.26 bits per heavy atom. The van der Waals surface area contributed by atoms with Gasteiger partial charge < -0.3 is 14.9 Å². The van der Waals surface area contributed by atoms with Crippen LogP contribution in [-0.4, -0.2) is 41.3 Å². The van der Waals surface area contributed by atoms with E-state index in [0.29, 0.717) is 38.2 Å². The molecule has 0 bridgehead atoms. The lowest BCUT2D eigenvalue weighted by molar-refractivity contribution is -0.169. The quantitative estimate of drug-likeness (QED) is 0.563. The number of hydrogen-bond donors (Lipinski definition) is 2. The molecule has 2 fully saturated rings. The number of fused-ring (bicyclic) bond motifs is 1. The van der Waals surface area contributed by atoms with Crippen molar-refractivity contribution in [3.05, 3.63) is 102 Å². The van der Waals surface area contributed by atoms with Crippen molar-refractivity contribution in [1.82, 2.24) is 4.90 Å². The summed E-state index contributed by atoms with van der Waals surface area (Å²) in [5, 5.41) is 23.0. The number of benzene rings is 3. The number of aliphatic carboxylic acids is 1. The molecule has 1 aliphatic heterocycles. The van der Waals surface area contributed by atoms with Crippen molar-refractivity contribution < 1.29 is 19.7 Å². The minimum absolute atomic E-state index is 0.171. The molecule has 4 atom stereocenters. The van der Waals surface area contributed by atoms with Gasteiger partial charge in [-0.25, -0.2) is 0 Å². The fraction of sp³-hybridized carbons (Fsp3) is 0.345. The Morgan fingerprint density at radius 2 is 1.65 bits per heavy atom. The Labute approximate surface area is 200 Å². The number of likely N-dealkylation sites (tertiary alicyclic amines) is 1. The lowest BCUT2D eigenvalue weighted by Crippen LogP contribution is -2.56. The normalized spacial score (nSPS) is 28.9. The van der Waals surface area contributed by atoms with Gasteiger partial charge in [-0.1, -0.05) is 72.8 Å². The maximum Gasteiger partial charge on any atom is 0.312 e. The second-order valence-electron chi connectivity index (χ2n) is 9.71. The summed E-state index contributed by atoms with van der Waals surface area (Å²) in [5.74, 6) is -0.732. The molecule has 0 aromatic heterocycles. The third kappa shape index (κ3) is 3.69. The zero-order chi connectivity index (χ0) is 23.8. The fourth-order valence-electron chi connectivity index (χ4n) is 6.39. The Hall–Kier alpha value is -3.15. The lowest BCUT2D eigenvalue weighted by atomic mass is 9.53. The molecule has 5 nitrogen and oxygen atoms in total. The monoisotopic (exact) mass is 457 g/mol. The number of carboxylic acids is 1. The number of carbonyl (C=O) groups is 1. The van der Waals surface area contributed by atoms with Gasteiger partial charge in [-0.05, 0) is 41.7 Å². The van der Waals surface area contributed by atoms with Crippen LogP contribution in [0.1, 0.15) is 35.4 Å². The maximum absolute atomic E-state index is 13.2. The number of methoxy groups -OCH3 is 1. The molecule has 3 aromatic rings. The van der Waals surface area contributed by atoms with Gasteiger partial charge in [-0.15, -0.1) is 0 Å². The number of ether oxygens (including phenoxy) is 1. The van der Waals surface area contributed by atoms with Crippen LogP contribution in [0.3, 0.4) is 0 Å². The van der Waals surface area contributed by atoms with Crippen LogP contribution in [-0.2, 0) is 16.9 Å². The van der Waals surface area contributed by atoms with Crippen LogP contribution in [0, 0.1) is 11.3 Å². The van der Waals surface area contributed by atoms with Gasteiger partial charge in [0.1, 0.15) is 5.75 Å². The van der Waals surface area contributed by atoms with E-state index >= 15 is 0 Å². The minimum atomic E-state index is -1.23. The zero-order valence-electron chi connectivity index (χ0n) is 19.4. The summed E-state index contributed by atoms with van der Waals surface area (Å²) in [6.07, 6.45) is 1.12. The largest absolute Gasteiger partial charge is 0.497 e. The predicted molar refractivity (Wildman–Crippen MR) is 131 cm³/mol. The Balaban J connectivity index is 1.59. The number of nitrogens with zero attached hydrogens (tertiary/aromatic N) is 1. The number of aliphatic hydroxyl groups is 1. The summed E-state index contributed by atoms with van der Waals surface area (Å²) < 4.78 is 5.31. The van der Waals surface area contributed by atoms with E-state index in [2.05, 4.69) is 17.0 Å². The molecule has 176 valence electrons. The van der Waals surface area contributed by atoms with Gasteiger partial charge in [0.05, 0.1) is 18.1 Å². The predicted octanol–water partition coefficient (Wildman–Crippen LogP) is 4.66. The maximum atomic E-state index is 13.2. The molecule has 4 unspecified atom stereocenters. The molecule has 5 heteroatoms. The van der Waals surface area contributed by atoms with Crippen LogP contribution in [0.25, 0.3) is 0 Å². The summed E-state index contributed by atoms with van der Waals surface area (Å²) in [5.41, 5.74) is 0.612. The number of carboxylic acid groups (broad SMARTS) is 1. The summed E-state index contributed by atoms with van der Waals surface area (Å²) in [7, 11) is 1.61. The van der Waals surface area contributed by atoms with Crippen LogP contribution < -0.4 is 4.74 Å². The lowest BCUT2D eigenvalue weighted by Gasteiger charge is -2.51. The van der Waals surface area contributed by atoms with E-state index in [9.17, 15) is 15.0 Å². The molecule has 3 aromatic carbocycles. The average molecular weight is 458 g/mol. The molecule has 34 heavy (non-hydrogen) atoms. The van der Waals surface area contributed by atoms with Gasteiger partial charge >= 0.3 is 5.97 Å². The average Bonchev–Trinajstić information content (AvgIpc) is 3.27. The second-order valence-corrected chi connectivity index (χ2v) is 9.71. The van der Waals surface area contributed by atoms with E-state index in [1.807, 2.05) is 72.8 Å². The van der Waals surface area contributed by atoms with E-state index in [-0.39, 0.29) is 5.92 Å². The highest BCUT2D eigenvalue weighted by molar-refractivity contribution is 5.78. The van der Waals surface area contributed by atoms with Crippen molar-refractivity contribution in [2.45, 2.75) is 30.9 Å². The third-order valence-corrected chi connectivity index (χ3v) is 8.00. The van der Waals surface area contributed by atoms with Crippen molar-refractivity contribution in [2.24, 2.45) is 11.3 Å². The van der Waals surface area contributed by atoms with Crippen molar-refractivity contribution in [2.75, 3.05) is 20.2 Å². The van der Waals surface area contributed by atoms with Crippen LogP contribution in [0.15, 0.2) is 84.9 Å². The molecule has 0 radical (unpaired) electrons. The van der Waals surface area contributed by atoms with Crippen LogP contribution in [0.5, 0.6) is 5.75 Å². The minimum Gasteiger partial charge on any atom is -0.497 e. The van der Waals surface area contributed by atoms with Gasteiger partial charge in [-0.3, -0.25) is 9.69 Å². The highest BCUT2D eigenvalue weighted by Crippen LogP contribution is 2.61. The summed E-state index contributed by atoms with van der Waals surface area (Å²) in [6.45, 7) is 1.58.